The molecule has 4 N–H and O–H groups in total. The van der Waals surface area contributed by atoms with Crippen LogP contribution in [0.3, 0.4) is 0 Å². The SMILES string of the molecule is COc1cc(-c2cn(C)c(=O)c3cc(NC(=O)C4CCN(C(=O)CCOCCOCCNc5cccc6c5C(=O)N(C5CCC(=O)NC5=O)C6=O)CC4)sc23)cc(OC)c1CN(C)C.O=CO. The van der Waals surface area contributed by atoms with Crippen molar-refractivity contribution < 1.29 is 57.6 Å². The summed E-state index contributed by atoms with van der Waals surface area (Å²) in [6, 6.07) is 9.41. The molecule has 358 valence electrons. The molecule has 7 rings (SSSR count). The molecule has 1 atom stereocenters. The van der Waals surface area contributed by atoms with Crippen molar-refractivity contribution in [2.24, 2.45) is 13.0 Å². The van der Waals surface area contributed by atoms with Gasteiger partial charge in [0, 0.05) is 63.0 Å². The fourth-order valence-electron chi connectivity index (χ4n) is 8.30. The molecule has 3 aliphatic rings. The summed E-state index contributed by atoms with van der Waals surface area (Å²) >= 11 is 1.34. The minimum absolute atomic E-state index is 0.0420. The maximum atomic E-state index is 13.5. The minimum atomic E-state index is -1.04. The van der Waals surface area contributed by atoms with E-state index in [1.54, 1.807) is 50.6 Å². The third-order valence-corrected chi connectivity index (χ3v) is 12.7. The number of hydrogen-bond donors (Lipinski definition) is 4. The van der Waals surface area contributed by atoms with Crippen molar-refractivity contribution in [3.63, 3.8) is 0 Å². The van der Waals surface area contributed by atoms with E-state index in [4.69, 9.17) is 28.8 Å². The fourth-order valence-corrected chi connectivity index (χ4v) is 9.39. The van der Waals surface area contributed by atoms with E-state index in [1.807, 2.05) is 31.1 Å². The molecule has 4 aromatic rings. The topological polar surface area (TPSA) is 244 Å². The number of carbonyl (C=O) groups is 7. The first-order valence-electron chi connectivity index (χ1n) is 21.6. The van der Waals surface area contributed by atoms with Crippen LogP contribution in [0.4, 0.5) is 10.7 Å². The van der Waals surface area contributed by atoms with E-state index in [0.717, 1.165) is 26.3 Å². The Kier molecular flexibility index (Phi) is 16.8. The van der Waals surface area contributed by atoms with E-state index in [9.17, 15) is 33.6 Å². The number of aromatic nitrogens is 1. The van der Waals surface area contributed by atoms with Gasteiger partial charge in [-0.05, 0) is 69.3 Å². The zero-order valence-corrected chi connectivity index (χ0v) is 38.8. The highest BCUT2D eigenvalue weighted by molar-refractivity contribution is 7.23. The van der Waals surface area contributed by atoms with E-state index < -0.39 is 29.7 Å². The van der Waals surface area contributed by atoms with Crippen LogP contribution in [0.15, 0.2) is 47.4 Å². The largest absolute Gasteiger partial charge is 0.496 e. The Morgan fingerprint density at radius 2 is 1.60 bits per heavy atom. The highest BCUT2D eigenvalue weighted by atomic mass is 32.1. The number of fused-ring (bicyclic) bond motifs is 2. The van der Waals surface area contributed by atoms with Crippen LogP contribution in [0.1, 0.15) is 58.4 Å². The molecule has 0 spiro atoms. The summed E-state index contributed by atoms with van der Waals surface area (Å²) in [5.74, 6) is -1.44. The molecule has 2 aromatic heterocycles. The van der Waals surface area contributed by atoms with E-state index >= 15 is 0 Å². The van der Waals surface area contributed by atoms with Crippen LogP contribution in [0.2, 0.25) is 0 Å². The van der Waals surface area contributed by atoms with Crippen molar-refractivity contribution in [3.05, 3.63) is 69.6 Å². The zero-order valence-electron chi connectivity index (χ0n) is 38.0. The van der Waals surface area contributed by atoms with Crippen LogP contribution >= 0.6 is 11.3 Å². The van der Waals surface area contributed by atoms with E-state index in [-0.39, 0.29) is 86.6 Å². The van der Waals surface area contributed by atoms with E-state index in [2.05, 4.69) is 16.0 Å². The van der Waals surface area contributed by atoms with E-state index in [1.165, 1.54) is 22.0 Å². The molecular weight excluding hydrogens is 891 g/mol. The summed E-state index contributed by atoms with van der Waals surface area (Å²) in [5, 5.41) is 16.3. The third kappa shape index (κ3) is 11.5. The number of hydrogen-bond acceptors (Lipinski definition) is 15. The number of pyridine rings is 1. The highest BCUT2D eigenvalue weighted by Gasteiger charge is 2.45. The number of amides is 6. The number of aryl methyl sites for hydroxylation is 1. The number of likely N-dealkylation sites (tertiary alicyclic amines) is 1. The van der Waals surface area contributed by atoms with Gasteiger partial charge in [0.25, 0.3) is 23.8 Å². The van der Waals surface area contributed by atoms with Gasteiger partial charge in [0.05, 0.1) is 78.8 Å². The smallest absolute Gasteiger partial charge is 0.290 e. The summed E-state index contributed by atoms with van der Waals surface area (Å²) in [7, 11) is 8.87. The minimum Gasteiger partial charge on any atom is -0.496 e. The zero-order chi connectivity index (χ0) is 48.4. The van der Waals surface area contributed by atoms with Gasteiger partial charge in [-0.15, -0.1) is 11.3 Å². The van der Waals surface area contributed by atoms with Crippen molar-refractivity contribution in [1.29, 1.82) is 0 Å². The Labute approximate surface area is 390 Å². The number of nitrogens with one attached hydrogen (secondary N) is 3. The predicted octanol–water partition coefficient (Wildman–Crippen LogP) is 3.16. The van der Waals surface area contributed by atoms with Gasteiger partial charge < -0.3 is 49.1 Å². The lowest BCUT2D eigenvalue weighted by Crippen LogP contribution is -2.54. The summed E-state index contributed by atoms with van der Waals surface area (Å²) in [6.45, 7) is 2.59. The lowest BCUT2D eigenvalue weighted by atomic mass is 9.96. The fraction of sp³-hybridized carbons (Fsp3) is 0.435. The van der Waals surface area contributed by atoms with Crippen LogP contribution in [-0.4, -0.2) is 147 Å². The first-order chi connectivity index (χ1) is 32.2. The molecule has 2 fully saturated rings. The summed E-state index contributed by atoms with van der Waals surface area (Å²) in [5.41, 5.74) is 3.16. The summed E-state index contributed by atoms with van der Waals surface area (Å²) in [6.07, 6.45) is 3.11. The molecule has 0 aliphatic carbocycles. The van der Waals surface area contributed by atoms with Gasteiger partial charge in [0.2, 0.25) is 23.6 Å². The normalized spacial score (nSPS) is 16.1. The number of benzene rings is 2. The van der Waals surface area contributed by atoms with Crippen molar-refractivity contribution in [1.82, 2.24) is 24.6 Å². The Morgan fingerprint density at radius 1 is 0.925 bits per heavy atom. The molecule has 0 bridgehead atoms. The second kappa shape index (κ2) is 22.7. The first-order valence-corrected chi connectivity index (χ1v) is 22.5. The van der Waals surface area contributed by atoms with Crippen LogP contribution in [0.25, 0.3) is 21.2 Å². The molecule has 6 amide bonds. The van der Waals surface area contributed by atoms with Crippen LogP contribution < -0.4 is 31.0 Å². The van der Waals surface area contributed by atoms with Gasteiger partial charge in [-0.3, -0.25) is 48.6 Å². The number of imide groups is 2. The lowest BCUT2D eigenvalue weighted by Gasteiger charge is -2.31. The first kappa shape index (κ1) is 49.7. The molecule has 5 heterocycles. The van der Waals surface area contributed by atoms with Gasteiger partial charge in [0.1, 0.15) is 17.5 Å². The van der Waals surface area contributed by atoms with Gasteiger partial charge in [0.15, 0.2) is 0 Å². The number of carbonyl (C=O) groups excluding carboxylic acids is 6. The van der Waals surface area contributed by atoms with Crippen molar-refractivity contribution in [3.8, 4) is 22.6 Å². The molecule has 20 nitrogen and oxygen atoms in total. The van der Waals surface area contributed by atoms with E-state index in [0.29, 0.717) is 66.6 Å². The monoisotopic (exact) mass is 945 g/mol. The number of rotatable bonds is 18. The van der Waals surface area contributed by atoms with Crippen LogP contribution in [0, 0.1) is 5.92 Å². The van der Waals surface area contributed by atoms with Crippen molar-refractivity contribution >= 4 is 74.0 Å². The summed E-state index contributed by atoms with van der Waals surface area (Å²) in [4.78, 5) is 103. The molecule has 0 saturated carbocycles. The maximum Gasteiger partial charge on any atom is 0.290 e. The molecule has 3 aliphatic heterocycles. The Morgan fingerprint density at radius 3 is 2.24 bits per heavy atom. The molecule has 0 radical (unpaired) electrons. The second-order valence-electron chi connectivity index (χ2n) is 16.2. The predicted molar refractivity (Wildman–Crippen MR) is 247 cm³/mol. The van der Waals surface area contributed by atoms with Crippen LogP contribution in [0.5, 0.6) is 11.5 Å². The number of piperidine rings is 2. The molecule has 2 saturated heterocycles. The van der Waals surface area contributed by atoms with Gasteiger partial charge in [-0.1, -0.05) is 6.07 Å². The van der Waals surface area contributed by atoms with Crippen LogP contribution in [-0.2, 0) is 47.0 Å². The maximum absolute atomic E-state index is 13.5. The molecule has 2 aromatic carbocycles. The lowest BCUT2D eigenvalue weighted by molar-refractivity contribution is -0.136. The Balaban J connectivity index is 0.00000240. The second-order valence-corrected chi connectivity index (χ2v) is 17.3. The number of anilines is 2. The van der Waals surface area contributed by atoms with Gasteiger partial charge >= 0.3 is 0 Å². The van der Waals surface area contributed by atoms with Crippen molar-refractivity contribution in [2.75, 3.05) is 85.0 Å². The quantitative estimate of drug-likeness (QED) is 0.0636. The average molecular weight is 946 g/mol. The molecular formula is C46H55N7O13S. The molecule has 1 unspecified atom stereocenters. The molecule has 67 heavy (non-hydrogen) atoms. The van der Waals surface area contributed by atoms with Gasteiger partial charge in [-0.25, -0.2) is 0 Å². The number of methoxy groups -OCH3 is 2. The van der Waals surface area contributed by atoms with Gasteiger partial charge in [-0.2, -0.15) is 0 Å². The third-order valence-electron chi connectivity index (χ3n) is 11.6. The number of carboxylic acid groups (broad SMARTS) is 1. The number of ether oxygens (including phenoxy) is 4. The Bertz CT molecular complexity index is 2560. The van der Waals surface area contributed by atoms with Crippen molar-refractivity contribution in [2.45, 2.75) is 44.7 Å². The summed E-state index contributed by atoms with van der Waals surface area (Å²) < 4.78 is 25.1. The Hall–Kier alpha value is -6.68. The average Bonchev–Trinajstić information content (AvgIpc) is 3.84. The number of nitrogens with zero attached hydrogens (tertiary/aromatic N) is 4. The standard InChI is InChI=1S/C45H53N7O11S.CH2O2/c1-49(2)24-31-34(60-4)21-27(22-35(31)61-5)30-25-50(3)43(57)29-23-37(64-40(29)30)48-41(55)26-11-15-51(16-12-26)38(54)13-17-62-19-20-63-18-14-46-32-8-6-7-28-39(32)45(59)52(44(28)58)33-9-10-36(53)47-42(33)56;2-1-3/h6-8,21-23,25-26,33,46H,9-20,24H2,1-5H3,(H,48,55)(H,47,53,56);1H,(H,2,3). The highest BCUT2D eigenvalue weighted by Crippen LogP contribution is 2.41. The molecule has 21 heteroatoms. The number of thiophene rings is 1.